The number of hydrogen-bond donors (Lipinski definition) is 1. The number of aryl methyl sites for hydroxylation is 1. The molecule has 1 N–H and O–H groups in total. The third kappa shape index (κ3) is 7.96. The van der Waals surface area contributed by atoms with E-state index < -0.39 is 0 Å². The Hall–Kier alpha value is -1.64. The summed E-state index contributed by atoms with van der Waals surface area (Å²) in [7, 11) is 0. The quantitative estimate of drug-likeness (QED) is 0.606. The van der Waals surface area contributed by atoms with Crippen LogP contribution in [0.15, 0.2) is 60.7 Å². The summed E-state index contributed by atoms with van der Waals surface area (Å²) >= 11 is 0. The van der Waals surface area contributed by atoms with Crippen molar-refractivity contribution in [2.45, 2.75) is 51.2 Å². The highest BCUT2D eigenvalue weighted by atomic mass is 16.5. The van der Waals surface area contributed by atoms with Crippen molar-refractivity contribution in [2.24, 2.45) is 0 Å². The van der Waals surface area contributed by atoms with Crippen LogP contribution in [-0.2, 0) is 17.8 Å². The second-order valence-corrected chi connectivity index (χ2v) is 6.07. The molecule has 124 valence electrons. The van der Waals surface area contributed by atoms with Gasteiger partial charge in [0, 0.05) is 6.61 Å². The maximum atomic E-state index is 10.0. The highest BCUT2D eigenvalue weighted by Crippen LogP contribution is 2.11. The van der Waals surface area contributed by atoms with Gasteiger partial charge in [0.05, 0.1) is 12.7 Å². The molecule has 0 saturated carbocycles. The summed E-state index contributed by atoms with van der Waals surface area (Å²) in [6.07, 6.45) is 5.79. The number of rotatable bonds is 11. The molecule has 0 aliphatic heterocycles. The van der Waals surface area contributed by atoms with Crippen molar-refractivity contribution in [1.29, 1.82) is 0 Å². The fraction of sp³-hybridized carbons (Fsp3) is 0.429. The van der Waals surface area contributed by atoms with Gasteiger partial charge < -0.3 is 9.84 Å². The number of aliphatic hydroxyl groups is 1. The van der Waals surface area contributed by atoms with Crippen LogP contribution >= 0.6 is 0 Å². The van der Waals surface area contributed by atoms with Crippen LogP contribution in [0.4, 0.5) is 0 Å². The molecule has 0 aliphatic rings. The van der Waals surface area contributed by atoms with Gasteiger partial charge in [0.2, 0.25) is 0 Å². The molecular weight excluding hydrogens is 284 g/mol. The molecule has 23 heavy (non-hydrogen) atoms. The Labute approximate surface area is 140 Å². The molecule has 0 bridgehead atoms. The molecule has 0 aliphatic carbocycles. The van der Waals surface area contributed by atoms with Gasteiger partial charge >= 0.3 is 0 Å². The second kappa shape index (κ2) is 11.0. The third-order valence-corrected chi connectivity index (χ3v) is 4.05. The molecule has 0 amide bonds. The lowest BCUT2D eigenvalue weighted by Crippen LogP contribution is -2.08. The van der Waals surface area contributed by atoms with E-state index in [-0.39, 0.29) is 6.10 Å². The number of ether oxygens (including phenoxy) is 1. The van der Waals surface area contributed by atoms with Gasteiger partial charge in [-0.2, -0.15) is 0 Å². The SMILES string of the molecule is OC(CCCCCOCc1ccccc1)CCc1ccccc1. The van der Waals surface area contributed by atoms with Crippen LogP contribution in [0.1, 0.15) is 43.2 Å². The lowest BCUT2D eigenvalue weighted by molar-refractivity contribution is 0.113. The predicted molar refractivity (Wildman–Crippen MR) is 95.3 cm³/mol. The lowest BCUT2D eigenvalue weighted by Gasteiger charge is -2.10. The smallest absolute Gasteiger partial charge is 0.0716 e. The first-order valence-electron chi connectivity index (χ1n) is 8.68. The van der Waals surface area contributed by atoms with Gasteiger partial charge in [0.1, 0.15) is 0 Å². The van der Waals surface area contributed by atoms with Crippen molar-refractivity contribution in [3.63, 3.8) is 0 Å². The van der Waals surface area contributed by atoms with E-state index in [0.717, 1.165) is 45.1 Å². The van der Waals surface area contributed by atoms with E-state index in [2.05, 4.69) is 36.4 Å². The molecule has 1 atom stereocenters. The number of hydrogen-bond acceptors (Lipinski definition) is 2. The molecule has 0 saturated heterocycles. The average molecular weight is 312 g/mol. The Morgan fingerprint density at radius 3 is 2.09 bits per heavy atom. The van der Waals surface area contributed by atoms with Gasteiger partial charge in [-0.25, -0.2) is 0 Å². The number of unbranched alkanes of at least 4 members (excludes halogenated alkanes) is 2. The first-order valence-corrected chi connectivity index (χ1v) is 8.68. The molecule has 2 rings (SSSR count). The van der Waals surface area contributed by atoms with Crippen molar-refractivity contribution in [3.8, 4) is 0 Å². The summed E-state index contributed by atoms with van der Waals surface area (Å²) in [5.41, 5.74) is 2.53. The first kappa shape index (κ1) is 17.7. The topological polar surface area (TPSA) is 29.5 Å². The van der Waals surface area contributed by atoms with Gasteiger partial charge in [0.15, 0.2) is 0 Å². The van der Waals surface area contributed by atoms with Gasteiger partial charge in [-0.3, -0.25) is 0 Å². The van der Waals surface area contributed by atoms with Crippen LogP contribution in [0, 0.1) is 0 Å². The molecule has 2 aromatic rings. The summed E-state index contributed by atoms with van der Waals surface area (Å²) in [6.45, 7) is 1.50. The van der Waals surface area contributed by atoms with E-state index in [1.54, 1.807) is 0 Å². The minimum Gasteiger partial charge on any atom is -0.393 e. The van der Waals surface area contributed by atoms with E-state index >= 15 is 0 Å². The zero-order chi connectivity index (χ0) is 16.2. The van der Waals surface area contributed by atoms with Crippen LogP contribution in [0.2, 0.25) is 0 Å². The summed E-state index contributed by atoms with van der Waals surface area (Å²) in [5, 5.41) is 10.0. The van der Waals surface area contributed by atoms with Gasteiger partial charge in [-0.15, -0.1) is 0 Å². The fourth-order valence-electron chi connectivity index (χ4n) is 2.65. The molecule has 2 aromatic carbocycles. The average Bonchev–Trinajstić information content (AvgIpc) is 2.61. The van der Waals surface area contributed by atoms with Crippen LogP contribution < -0.4 is 0 Å². The summed E-state index contributed by atoms with van der Waals surface area (Å²) in [4.78, 5) is 0. The molecule has 0 fully saturated rings. The van der Waals surface area contributed by atoms with E-state index in [1.807, 2.05) is 24.3 Å². The monoisotopic (exact) mass is 312 g/mol. The van der Waals surface area contributed by atoms with E-state index in [1.165, 1.54) is 11.1 Å². The molecule has 0 heterocycles. The Kier molecular flexibility index (Phi) is 8.46. The zero-order valence-electron chi connectivity index (χ0n) is 13.9. The molecule has 0 spiro atoms. The van der Waals surface area contributed by atoms with E-state index in [4.69, 9.17) is 4.74 Å². The largest absolute Gasteiger partial charge is 0.393 e. The van der Waals surface area contributed by atoms with Gasteiger partial charge in [0.25, 0.3) is 0 Å². The van der Waals surface area contributed by atoms with E-state index in [9.17, 15) is 5.11 Å². The minimum absolute atomic E-state index is 0.180. The van der Waals surface area contributed by atoms with Crippen molar-refractivity contribution in [2.75, 3.05) is 6.61 Å². The van der Waals surface area contributed by atoms with Crippen LogP contribution in [-0.4, -0.2) is 17.8 Å². The standard InChI is InChI=1S/C21H28O2/c22-21(16-15-19-10-4-1-5-11-19)14-8-3-9-17-23-18-20-12-6-2-7-13-20/h1-2,4-7,10-13,21-22H,3,8-9,14-18H2. The number of benzene rings is 2. The molecule has 2 nitrogen and oxygen atoms in total. The second-order valence-electron chi connectivity index (χ2n) is 6.07. The zero-order valence-corrected chi connectivity index (χ0v) is 13.9. The Bertz CT molecular complexity index is 510. The fourth-order valence-corrected chi connectivity index (χ4v) is 2.65. The molecule has 1 unspecified atom stereocenters. The summed E-state index contributed by atoms with van der Waals surface area (Å²) < 4.78 is 5.67. The predicted octanol–water partition coefficient (Wildman–Crippen LogP) is 4.76. The Morgan fingerprint density at radius 2 is 1.39 bits per heavy atom. The van der Waals surface area contributed by atoms with E-state index in [0.29, 0.717) is 6.61 Å². The highest BCUT2D eigenvalue weighted by molar-refractivity contribution is 5.14. The maximum Gasteiger partial charge on any atom is 0.0716 e. The van der Waals surface area contributed by atoms with Crippen LogP contribution in [0.5, 0.6) is 0 Å². The molecular formula is C21H28O2. The maximum absolute atomic E-state index is 10.0. The Morgan fingerprint density at radius 1 is 0.739 bits per heavy atom. The highest BCUT2D eigenvalue weighted by Gasteiger charge is 2.04. The van der Waals surface area contributed by atoms with Gasteiger partial charge in [-0.05, 0) is 36.8 Å². The Balaban J connectivity index is 1.44. The summed E-state index contributed by atoms with van der Waals surface area (Å²) in [6, 6.07) is 20.6. The van der Waals surface area contributed by atoms with Crippen LogP contribution in [0.25, 0.3) is 0 Å². The van der Waals surface area contributed by atoms with Gasteiger partial charge in [-0.1, -0.05) is 73.5 Å². The molecule has 0 aromatic heterocycles. The normalized spacial score (nSPS) is 12.2. The van der Waals surface area contributed by atoms with Crippen molar-refractivity contribution in [3.05, 3.63) is 71.8 Å². The number of aliphatic hydroxyl groups excluding tert-OH is 1. The van der Waals surface area contributed by atoms with Crippen molar-refractivity contribution >= 4 is 0 Å². The third-order valence-electron chi connectivity index (χ3n) is 4.05. The van der Waals surface area contributed by atoms with Crippen molar-refractivity contribution < 1.29 is 9.84 Å². The summed E-state index contributed by atoms with van der Waals surface area (Å²) in [5.74, 6) is 0. The van der Waals surface area contributed by atoms with Crippen molar-refractivity contribution in [1.82, 2.24) is 0 Å². The minimum atomic E-state index is -0.180. The molecule has 0 radical (unpaired) electrons. The lowest BCUT2D eigenvalue weighted by atomic mass is 10.0. The molecule has 2 heteroatoms. The van der Waals surface area contributed by atoms with Crippen LogP contribution in [0.3, 0.4) is 0 Å². The first-order chi connectivity index (χ1) is 11.3.